The van der Waals surface area contributed by atoms with Gasteiger partial charge in [0.05, 0.1) is 12.2 Å². The van der Waals surface area contributed by atoms with Crippen LogP contribution in [0.2, 0.25) is 0 Å². The predicted octanol–water partition coefficient (Wildman–Crippen LogP) is 1.92. The number of benzene rings is 1. The lowest BCUT2D eigenvalue weighted by atomic mass is 9.75. The first kappa shape index (κ1) is 19.1. The van der Waals surface area contributed by atoms with Gasteiger partial charge in [-0.2, -0.15) is 0 Å². The highest BCUT2D eigenvalue weighted by molar-refractivity contribution is 6.09. The fourth-order valence-corrected chi connectivity index (χ4v) is 5.20. The zero-order valence-corrected chi connectivity index (χ0v) is 16.9. The predicted molar refractivity (Wildman–Crippen MR) is 109 cm³/mol. The lowest BCUT2D eigenvalue weighted by molar-refractivity contribution is -0.128. The van der Waals surface area contributed by atoms with Crippen LogP contribution in [0.5, 0.6) is 0 Å². The molecule has 2 amide bonds. The molecular formula is C22H26N4O4. The quantitative estimate of drug-likeness (QED) is 0.709. The number of anilines is 1. The van der Waals surface area contributed by atoms with Gasteiger partial charge in [0.2, 0.25) is 5.91 Å². The Kier molecular flexibility index (Phi) is 4.54. The third-order valence-corrected chi connectivity index (χ3v) is 6.71. The maximum absolute atomic E-state index is 13.5. The zero-order chi connectivity index (χ0) is 20.9. The molecule has 1 spiro atoms. The molecule has 158 valence electrons. The Morgan fingerprint density at radius 1 is 1.17 bits per heavy atom. The molecule has 0 atom stereocenters. The van der Waals surface area contributed by atoms with Crippen molar-refractivity contribution in [3.63, 3.8) is 0 Å². The molecule has 1 aromatic heterocycles. The maximum Gasteiger partial charge on any atom is 0.407 e. The smallest absolute Gasteiger partial charge is 0.407 e. The van der Waals surface area contributed by atoms with Gasteiger partial charge in [-0.3, -0.25) is 4.79 Å². The highest BCUT2D eigenvalue weighted by Crippen LogP contribution is 2.47. The summed E-state index contributed by atoms with van der Waals surface area (Å²) in [7, 11) is 0. The van der Waals surface area contributed by atoms with Crippen LogP contribution in [-0.4, -0.2) is 56.4 Å². The number of unbranched alkanes of at least 4 members (excludes halogenated alkanes) is 1. The van der Waals surface area contributed by atoms with Crippen molar-refractivity contribution < 1.29 is 19.8 Å². The van der Waals surface area contributed by atoms with Crippen molar-refractivity contribution in [2.45, 2.75) is 50.6 Å². The number of para-hydroxylation sites is 1. The van der Waals surface area contributed by atoms with Crippen molar-refractivity contribution >= 4 is 17.7 Å². The average molecular weight is 410 g/mol. The molecule has 0 bridgehead atoms. The van der Waals surface area contributed by atoms with Crippen LogP contribution < -0.4 is 4.90 Å². The largest absolute Gasteiger partial charge is 0.465 e. The fourth-order valence-electron chi connectivity index (χ4n) is 5.20. The van der Waals surface area contributed by atoms with Gasteiger partial charge >= 0.3 is 6.09 Å². The topological polar surface area (TPSA) is 98.9 Å². The number of likely N-dealkylation sites (tertiary alicyclic amines) is 1. The standard InChI is InChI=1S/C22H26N4O4/c27-11-4-3-10-25-18-9-5-7-16(18)23-19(25)12-26-17-8-2-1-6-15(17)22(20(26)28)13-24(14-22)21(29)30/h1-2,6,8,27H,3-5,7,9-14H2,(H,29,30). The van der Waals surface area contributed by atoms with Crippen molar-refractivity contribution in [1.29, 1.82) is 0 Å². The molecule has 1 fully saturated rings. The molecule has 3 heterocycles. The second-order valence-corrected chi connectivity index (χ2v) is 8.49. The van der Waals surface area contributed by atoms with E-state index in [1.54, 1.807) is 4.90 Å². The third-order valence-electron chi connectivity index (χ3n) is 6.71. The summed E-state index contributed by atoms with van der Waals surface area (Å²) in [6.07, 6.45) is 3.71. The van der Waals surface area contributed by atoms with E-state index in [-0.39, 0.29) is 25.6 Å². The molecule has 0 radical (unpaired) electrons. The lowest BCUT2D eigenvalue weighted by Crippen LogP contribution is -2.65. The molecule has 1 saturated heterocycles. The van der Waals surface area contributed by atoms with Crippen LogP contribution in [0.25, 0.3) is 0 Å². The summed E-state index contributed by atoms with van der Waals surface area (Å²) in [6, 6.07) is 7.71. The number of carbonyl (C=O) groups excluding carboxylic acids is 1. The van der Waals surface area contributed by atoms with E-state index in [0.29, 0.717) is 6.54 Å². The van der Waals surface area contributed by atoms with Crippen molar-refractivity contribution in [3.8, 4) is 0 Å². The number of aliphatic hydroxyl groups excluding tert-OH is 1. The second-order valence-electron chi connectivity index (χ2n) is 8.49. The highest BCUT2D eigenvalue weighted by Gasteiger charge is 2.59. The number of fused-ring (bicyclic) bond motifs is 3. The van der Waals surface area contributed by atoms with Crippen molar-refractivity contribution in [3.05, 3.63) is 47.0 Å². The molecule has 1 aromatic carbocycles. The van der Waals surface area contributed by atoms with Crippen LogP contribution in [-0.2, 0) is 36.1 Å². The molecule has 8 heteroatoms. The van der Waals surface area contributed by atoms with Gasteiger partial charge in [-0.05, 0) is 43.7 Å². The Bertz CT molecular complexity index is 1010. The van der Waals surface area contributed by atoms with E-state index in [2.05, 4.69) is 4.57 Å². The minimum absolute atomic E-state index is 0.0359. The summed E-state index contributed by atoms with van der Waals surface area (Å²) in [5.41, 5.74) is 3.39. The van der Waals surface area contributed by atoms with Crippen LogP contribution in [0.3, 0.4) is 0 Å². The van der Waals surface area contributed by atoms with E-state index in [1.165, 1.54) is 10.6 Å². The van der Waals surface area contributed by atoms with E-state index in [9.17, 15) is 14.7 Å². The maximum atomic E-state index is 13.5. The van der Waals surface area contributed by atoms with E-state index in [1.807, 2.05) is 24.3 Å². The van der Waals surface area contributed by atoms with Crippen LogP contribution in [0, 0.1) is 0 Å². The fraction of sp³-hybridized carbons (Fsp3) is 0.500. The first-order chi connectivity index (χ1) is 14.5. The first-order valence-corrected chi connectivity index (χ1v) is 10.6. The van der Waals surface area contributed by atoms with E-state index >= 15 is 0 Å². The normalized spacial score (nSPS) is 18.6. The van der Waals surface area contributed by atoms with Crippen molar-refractivity contribution in [2.24, 2.45) is 0 Å². The lowest BCUT2D eigenvalue weighted by Gasteiger charge is -2.45. The monoisotopic (exact) mass is 410 g/mol. The number of hydrogen-bond donors (Lipinski definition) is 2. The number of rotatable bonds is 6. The molecule has 2 N–H and O–H groups in total. The van der Waals surface area contributed by atoms with Gasteiger partial charge < -0.3 is 24.6 Å². The summed E-state index contributed by atoms with van der Waals surface area (Å²) in [5, 5.41) is 18.4. The Balaban J connectivity index is 1.46. The second kappa shape index (κ2) is 7.12. The average Bonchev–Trinajstić information content (AvgIpc) is 3.34. The number of nitrogens with zero attached hydrogens (tertiary/aromatic N) is 4. The number of hydrogen-bond acceptors (Lipinski definition) is 4. The van der Waals surface area contributed by atoms with E-state index in [0.717, 1.165) is 61.4 Å². The molecule has 2 aliphatic heterocycles. The van der Waals surface area contributed by atoms with Gasteiger partial charge in [0, 0.05) is 37.6 Å². The van der Waals surface area contributed by atoms with Crippen molar-refractivity contribution in [2.75, 3.05) is 24.6 Å². The number of aromatic nitrogens is 2. The molecule has 2 aromatic rings. The minimum Gasteiger partial charge on any atom is -0.465 e. The number of amides is 2. The molecule has 0 saturated carbocycles. The van der Waals surface area contributed by atoms with Crippen LogP contribution >= 0.6 is 0 Å². The molecule has 5 rings (SSSR count). The Morgan fingerprint density at radius 2 is 1.97 bits per heavy atom. The van der Waals surface area contributed by atoms with Gasteiger partial charge in [-0.1, -0.05) is 18.2 Å². The van der Waals surface area contributed by atoms with Crippen LogP contribution in [0.1, 0.15) is 42.0 Å². The number of imidazole rings is 1. The number of carboxylic acid groups (broad SMARTS) is 1. The third kappa shape index (κ3) is 2.74. The number of aryl methyl sites for hydroxylation is 1. The first-order valence-electron chi connectivity index (χ1n) is 10.6. The number of aliphatic hydroxyl groups is 1. The van der Waals surface area contributed by atoms with Gasteiger partial charge in [0.15, 0.2) is 0 Å². The molecular weight excluding hydrogens is 384 g/mol. The van der Waals surface area contributed by atoms with E-state index < -0.39 is 11.5 Å². The summed E-state index contributed by atoms with van der Waals surface area (Å²) < 4.78 is 2.24. The molecule has 0 unspecified atom stereocenters. The summed E-state index contributed by atoms with van der Waals surface area (Å²) in [6.45, 7) is 1.76. The summed E-state index contributed by atoms with van der Waals surface area (Å²) in [4.78, 5) is 32.8. The molecule has 8 nitrogen and oxygen atoms in total. The minimum atomic E-state index is -0.986. The van der Waals surface area contributed by atoms with Gasteiger partial charge in [0.1, 0.15) is 11.2 Å². The van der Waals surface area contributed by atoms with Crippen LogP contribution in [0.4, 0.5) is 10.5 Å². The Labute approximate surface area is 174 Å². The molecule has 3 aliphatic rings. The van der Waals surface area contributed by atoms with Gasteiger partial charge in [0.25, 0.3) is 0 Å². The SMILES string of the molecule is O=C(O)N1CC2(C1)C(=O)N(Cc1nc3c(n1CCCCO)CCC3)c1ccccc12. The Hall–Kier alpha value is -2.87. The van der Waals surface area contributed by atoms with Gasteiger partial charge in [-0.15, -0.1) is 0 Å². The highest BCUT2D eigenvalue weighted by atomic mass is 16.4. The Morgan fingerprint density at radius 3 is 2.73 bits per heavy atom. The van der Waals surface area contributed by atoms with Crippen LogP contribution in [0.15, 0.2) is 24.3 Å². The van der Waals surface area contributed by atoms with Crippen molar-refractivity contribution in [1.82, 2.24) is 14.5 Å². The zero-order valence-electron chi connectivity index (χ0n) is 16.9. The summed E-state index contributed by atoms with van der Waals surface area (Å²) >= 11 is 0. The van der Waals surface area contributed by atoms with Gasteiger partial charge in [-0.25, -0.2) is 9.78 Å². The number of carbonyl (C=O) groups is 2. The summed E-state index contributed by atoms with van der Waals surface area (Å²) in [5.74, 6) is 0.846. The van der Waals surface area contributed by atoms with E-state index in [4.69, 9.17) is 10.1 Å². The molecule has 30 heavy (non-hydrogen) atoms. The molecule has 1 aliphatic carbocycles.